The van der Waals surface area contributed by atoms with Crippen LogP contribution in [0.5, 0.6) is 17.2 Å². The lowest BCUT2D eigenvalue weighted by atomic mass is 10.2. The van der Waals surface area contributed by atoms with E-state index in [1.54, 1.807) is 25.3 Å². The third-order valence-electron chi connectivity index (χ3n) is 2.37. The third-order valence-corrected chi connectivity index (χ3v) is 2.89. The van der Waals surface area contributed by atoms with E-state index < -0.39 is 0 Å². The highest BCUT2D eigenvalue weighted by Gasteiger charge is 2.06. The Labute approximate surface area is 113 Å². The van der Waals surface area contributed by atoms with Gasteiger partial charge in [-0.1, -0.05) is 15.9 Å². The van der Waals surface area contributed by atoms with Crippen molar-refractivity contribution in [1.29, 1.82) is 0 Å². The summed E-state index contributed by atoms with van der Waals surface area (Å²) in [5.74, 6) is 1.81. The maximum absolute atomic E-state index is 10.7. The average molecular weight is 307 g/mol. The van der Waals surface area contributed by atoms with Crippen LogP contribution in [-0.2, 0) is 0 Å². The molecule has 0 unspecified atom stereocenters. The predicted octanol–water partition coefficient (Wildman–Crippen LogP) is 4.06. The van der Waals surface area contributed by atoms with E-state index in [1.165, 1.54) is 0 Å². The van der Waals surface area contributed by atoms with Gasteiger partial charge < -0.3 is 9.47 Å². The number of hydrogen-bond acceptors (Lipinski definition) is 3. The number of hydrogen-bond donors (Lipinski definition) is 0. The summed E-state index contributed by atoms with van der Waals surface area (Å²) in [6.45, 7) is 0. The second-order valence-electron chi connectivity index (χ2n) is 3.58. The van der Waals surface area contributed by atoms with Crippen LogP contribution in [0.2, 0.25) is 0 Å². The van der Waals surface area contributed by atoms with E-state index in [1.807, 2.05) is 24.3 Å². The van der Waals surface area contributed by atoms with Gasteiger partial charge in [0, 0.05) is 10.0 Å². The van der Waals surface area contributed by atoms with E-state index >= 15 is 0 Å². The molecular formula is C14H11BrO3. The van der Waals surface area contributed by atoms with E-state index in [9.17, 15) is 4.79 Å². The van der Waals surface area contributed by atoms with Crippen molar-refractivity contribution in [2.45, 2.75) is 0 Å². The third kappa shape index (κ3) is 2.90. The van der Waals surface area contributed by atoms with Gasteiger partial charge in [-0.2, -0.15) is 0 Å². The van der Waals surface area contributed by atoms with Gasteiger partial charge in [-0.05, 0) is 42.5 Å². The summed E-state index contributed by atoms with van der Waals surface area (Å²) in [6, 6.07) is 12.5. The standard InChI is InChI=1S/C14H11BrO3/c1-17-14-8-10(9-16)2-7-13(14)18-12-5-3-11(15)4-6-12/h2-9H,1H3. The number of ether oxygens (including phenoxy) is 2. The molecule has 3 nitrogen and oxygen atoms in total. The number of halogens is 1. The Bertz CT molecular complexity index is 549. The fourth-order valence-corrected chi connectivity index (χ4v) is 1.74. The van der Waals surface area contributed by atoms with Crippen LogP contribution in [0.3, 0.4) is 0 Å². The van der Waals surface area contributed by atoms with Crippen molar-refractivity contribution >= 4 is 22.2 Å². The van der Waals surface area contributed by atoms with Crippen LogP contribution in [0.1, 0.15) is 10.4 Å². The number of benzene rings is 2. The Morgan fingerprint density at radius 1 is 1.06 bits per heavy atom. The van der Waals surface area contributed by atoms with E-state index in [0.717, 1.165) is 10.8 Å². The monoisotopic (exact) mass is 306 g/mol. The second-order valence-corrected chi connectivity index (χ2v) is 4.50. The summed E-state index contributed by atoms with van der Waals surface area (Å²) in [4.78, 5) is 10.7. The quantitative estimate of drug-likeness (QED) is 0.799. The highest BCUT2D eigenvalue weighted by molar-refractivity contribution is 9.10. The first kappa shape index (κ1) is 12.6. The summed E-state index contributed by atoms with van der Waals surface area (Å²) >= 11 is 3.36. The summed E-state index contributed by atoms with van der Waals surface area (Å²) in [5.41, 5.74) is 0.551. The topological polar surface area (TPSA) is 35.5 Å². The van der Waals surface area contributed by atoms with Gasteiger partial charge in [-0.25, -0.2) is 0 Å². The van der Waals surface area contributed by atoms with Crippen LogP contribution in [0.4, 0.5) is 0 Å². The molecule has 2 aromatic rings. The van der Waals surface area contributed by atoms with Crippen molar-refractivity contribution in [3.05, 3.63) is 52.5 Å². The van der Waals surface area contributed by atoms with Crippen molar-refractivity contribution in [3.63, 3.8) is 0 Å². The summed E-state index contributed by atoms with van der Waals surface area (Å²) < 4.78 is 11.9. The predicted molar refractivity (Wildman–Crippen MR) is 72.6 cm³/mol. The molecule has 0 amide bonds. The number of carbonyl (C=O) groups excluding carboxylic acids is 1. The lowest BCUT2D eigenvalue weighted by Crippen LogP contribution is -1.92. The van der Waals surface area contributed by atoms with E-state index in [4.69, 9.17) is 9.47 Å². The second kappa shape index (κ2) is 5.69. The molecule has 0 aliphatic carbocycles. The van der Waals surface area contributed by atoms with Crippen molar-refractivity contribution < 1.29 is 14.3 Å². The van der Waals surface area contributed by atoms with Crippen LogP contribution in [0, 0.1) is 0 Å². The lowest BCUT2D eigenvalue weighted by Gasteiger charge is -2.10. The van der Waals surface area contributed by atoms with Gasteiger partial charge in [0.15, 0.2) is 11.5 Å². The zero-order valence-corrected chi connectivity index (χ0v) is 11.3. The number of aldehydes is 1. The molecule has 0 N–H and O–H groups in total. The van der Waals surface area contributed by atoms with E-state index in [2.05, 4.69) is 15.9 Å². The maximum Gasteiger partial charge on any atom is 0.169 e. The van der Waals surface area contributed by atoms with Gasteiger partial charge in [0.25, 0.3) is 0 Å². The minimum atomic E-state index is 0.530. The average Bonchev–Trinajstić information content (AvgIpc) is 2.41. The van der Waals surface area contributed by atoms with Crippen LogP contribution >= 0.6 is 15.9 Å². The molecule has 0 heterocycles. The smallest absolute Gasteiger partial charge is 0.169 e. The Hall–Kier alpha value is -1.81. The molecule has 0 saturated carbocycles. The molecule has 0 saturated heterocycles. The lowest BCUT2D eigenvalue weighted by molar-refractivity contribution is 0.112. The molecule has 0 bridgehead atoms. The molecule has 2 rings (SSSR count). The molecule has 4 heteroatoms. The zero-order chi connectivity index (χ0) is 13.0. The van der Waals surface area contributed by atoms with Crippen LogP contribution < -0.4 is 9.47 Å². The molecule has 92 valence electrons. The Morgan fingerprint density at radius 3 is 2.39 bits per heavy atom. The van der Waals surface area contributed by atoms with Gasteiger partial charge >= 0.3 is 0 Å². The van der Waals surface area contributed by atoms with Gasteiger partial charge in [0.05, 0.1) is 7.11 Å². The van der Waals surface area contributed by atoms with E-state index in [0.29, 0.717) is 22.8 Å². The first-order chi connectivity index (χ1) is 8.72. The van der Waals surface area contributed by atoms with Crippen molar-refractivity contribution in [1.82, 2.24) is 0 Å². The molecule has 0 atom stereocenters. The van der Waals surface area contributed by atoms with Gasteiger partial charge in [0.2, 0.25) is 0 Å². The van der Waals surface area contributed by atoms with E-state index in [-0.39, 0.29) is 0 Å². The molecule has 0 aliphatic heterocycles. The first-order valence-electron chi connectivity index (χ1n) is 5.29. The minimum absolute atomic E-state index is 0.530. The minimum Gasteiger partial charge on any atom is -0.493 e. The number of rotatable bonds is 4. The van der Waals surface area contributed by atoms with Crippen LogP contribution in [0.25, 0.3) is 0 Å². The molecule has 2 aromatic carbocycles. The molecule has 0 aromatic heterocycles. The van der Waals surface area contributed by atoms with Crippen molar-refractivity contribution in [2.24, 2.45) is 0 Å². The Morgan fingerprint density at radius 2 is 1.78 bits per heavy atom. The number of carbonyl (C=O) groups is 1. The van der Waals surface area contributed by atoms with Gasteiger partial charge in [-0.15, -0.1) is 0 Å². The molecule has 0 fully saturated rings. The highest BCUT2D eigenvalue weighted by atomic mass is 79.9. The molecule has 0 spiro atoms. The Kier molecular flexibility index (Phi) is 3.99. The molecule has 0 radical (unpaired) electrons. The van der Waals surface area contributed by atoms with Gasteiger partial charge in [-0.3, -0.25) is 4.79 Å². The Balaban J connectivity index is 2.28. The molecule has 18 heavy (non-hydrogen) atoms. The van der Waals surface area contributed by atoms with Gasteiger partial charge in [0.1, 0.15) is 12.0 Å². The SMILES string of the molecule is COc1cc(C=O)ccc1Oc1ccc(Br)cc1. The molecule has 0 aliphatic rings. The maximum atomic E-state index is 10.7. The zero-order valence-electron chi connectivity index (χ0n) is 9.72. The largest absolute Gasteiger partial charge is 0.493 e. The molecular weight excluding hydrogens is 296 g/mol. The fraction of sp³-hybridized carbons (Fsp3) is 0.0714. The highest BCUT2D eigenvalue weighted by Crippen LogP contribution is 2.32. The summed E-state index contributed by atoms with van der Waals surface area (Å²) in [7, 11) is 1.54. The van der Waals surface area contributed by atoms with Crippen LogP contribution in [0.15, 0.2) is 46.9 Å². The summed E-state index contributed by atoms with van der Waals surface area (Å²) in [5, 5.41) is 0. The first-order valence-corrected chi connectivity index (χ1v) is 6.09. The van der Waals surface area contributed by atoms with Crippen LogP contribution in [-0.4, -0.2) is 13.4 Å². The number of methoxy groups -OCH3 is 1. The van der Waals surface area contributed by atoms with Crippen molar-refractivity contribution in [2.75, 3.05) is 7.11 Å². The normalized spacial score (nSPS) is 9.89. The fourth-order valence-electron chi connectivity index (χ4n) is 1.47. The summed E-state index contributed by atoms with van der Waals surface area (Å²) in [6.07, 6.45) is 0.770. The van der Waals surface area contributed by atoms with Crippen molar-refractivity contribution in [3.8, 4) is 17.2 Å².